The Morgan fingerprint density at radius 1 is 1.40 bits per heavy atom. The largest absolute Gasteiger partial charge is 0.235 e. The Kier molecular flexibility index (Phi) is 2.41. The normalized spacial score (nSPS) is 17.0. The highest BCUT2D eigenvalue weighted by molar-refractivity contribution is 6.32. The van der Waals surface area contributed by atoms with Gasteiger partial charge in [-0.2, -0.15) is 4.99 Å². The molecule has 0 heterocycles. The predicted octanol–water partition coefficient (Wildman–Crippen LogP) is 3.28. The second-order valence-corrected chi connectivity index (χ2v) is 4.48. The van der Waals surface area contributed by atoms with E-state index in [9.17, 15) is 4.79 Å². The maximum atomic E-state index is 10.4. The average Bonchev–Trinajstić information content (AvgIpc) is 2.96. The topological polar surface area (TPSA) is 29.4 Å². The molecule has 2 nitrogen and oxygen atoms in total. The molecule has 0 amide bonds. The summed E-state index contributed by atoms with van der Waals surface area (Å²) in [5.41, 5.74) is 2.85. The first-order chi connectivity index (χ1) is 7.10. The van der Waals surface area contributed by atoms with Gasteiger partial charge in [0.15, 0.2) is 0 Å². The minimum atomic E-state index is -0.316. The lowest BCUT2D eigenvalue weighted by Gasteiger charge is -2.14. The molecule has 0 saturated heterocycles. The Morgan fingerprint density at radius 2 is 2.07 bits per heavy atom. The Bertz CT molecular complexity index is 457. The summed E-state index contributed by atoms with van der Waals surface area (Å²) in [5.74, 6) is 0. The van der Waals surface area contributed by atoms with Crippen molar-refractivity contribution in [3.8, 4) is 0 Å². The second kappa shape index (κ2) is 3.48. The highest BCUT2D eigenvalue weighted by atomic mass is 35.5. The Labute approximate surface area is 94.0 Å². The first-order valence-corrected chi connectivity index (χ1v) is 5.34. The van der Waals surface area contributed by atoms with E-state index in [4.69, 9.17) is 11.6 Å². The van der Waals surface area contributed by atoms with Crippen molar-refractivity contribution in [1.29, 1.82) is 0 Å². The van der Waals surface area contributed by atoms with Crippen LogP contribution >= 0.6 is 11.6 Å². The summed E-state index contributed by atoms with van der Waals surface area (Å²) in [7, 11) is 0. The van der Waals surface area contributed by atoms with Crippen molar-refractivity contribution in [2.45, 2.75) is 32.2 Å². The van der Waals surface area contributed by atoms with E-state index in [1.54, 1.807) is 6.08 Å². The van der Waals surface area contributed by atoms with E-state index in [-0.39, 0.29) is 5.54 Å². The Balaban J connectivity index is 2.55. The van der Waals surface area contributed by atoms with E-state index in [1.807, 2.05) is 26.0 Å². The minimum Gasteiger partial charge on any atom is -0.211 e. The lowest BCUT2D eigenvalue weighted by atomic mass is 9.98. The molecule has 1 fully saturated rings. The van der Waals surface area contributed by atoms with Crippen LogP contribution in [0.5, 0.6) is 0 Å². The Hall–Kier alpha value is -1.11. The molecule has 3 heteroatoms. The summed E-state index contributed by atoms with van der Waals surface area (Å²) >= 11 is 6.18. The fraction of sp³-hybridized carbons (Fsp3) is 0.417. The molecule has 0 atom stereocenters. The number of rotatable bonds is 2. The van der Waals surface area contributed by atoms with Gasteiger partial charge in [0.25, 0.3) is 0 Å². The third kappa shape index (κ3) is 1.60. The van der Waals surface area contributed by atoms with E-state index in [2.05, 4.69) is 4.99 Å². The standard InChI is InChI=1S/C12H12ClNO/c1-8-3-4-10(9(2)11(8)13)12(5-6-12)14-7-15/h3-4H,5-6H2,1-2H3. The third-order valence-electron chi connectivity index (χ3n) is 3.06. The number of aliphatic imine (C=N–C) groups is 1. The van der Waals surface area contributed by atoms with Gasteiger partial charge in [-0.05, 0) is 43.4 Å². The van der Waals surface area contributed by atoms with Crippen LogP contribution in [-0.4, -0.2) is 6.08 Å². The molecule has 78 valence electrons. The van der Waals surface area contributed by atoms with Crippen LogP contribution in [0.25, 0.3) is 0 Å². The van der Waals surface area contributed by atoms with Crippen molar-refractivity contribution in [1.82, 2.24) is 0 Å². The molecule has 15 heavy (non-hydrogen) atoms. The molecule has 0 bridgehead atoms. The molecule has 1 aliphatic carbocycles. The van der Waals surface area contributed by atoms with Gasteiger partial charge in [0.1, 0.15) is 0 Å². The molecule has 1 aromatic rings. The van der Waals surface area contributed by atoms with Crippen LogP contribution < -0.4 is 0 Å². The van der Waals surface area contributed by atoms with Gasteiger partial charge in [0.05, 0.1) is 5.54 Å². The van der Waals surface area contributed by atoms with E-state index < -0.39 is 0 Å². The van der Waals surface area contributed by atoms with Crippen LogP contribution in [0.15, 0.2) is 17.1 Å². The fourth-order valence-electron chi connectivity index (χ4n) is 1.97. The summed E-state index contributed by atoms with van der Waals surface area (Å²) < 4.78 is 0. The minimum absolute atomic E-state index is 0.316. The van der Waals surface area contributed by atoms with Crippen molar-refractivity contribution in [2.75, 3.05) is 0 Å². The first kappa shape index (κ1) is 10.4. The lowest BCUT2D eigenvalue weighted by molar-refractivity contribution is 0.556. The molecule has 0 spiro atoms. The van der Waals surface area contributed by atoms with Crippen molar-refractivity contribution >= 4 is 17.7 Å². The third-order valence-corrected chi connectivity index (χ3v) is 3.65. The maximum Gasteiger partial charge on any atom is 0.235 e. The molecule has 1 aromatic carbocycles. The zero-order chi connectivity index (χ0) is 11.1. The smallest absolute Gasteiger partial charge is 0.211 e. The van der Waals surface area contributed by atoms with Crippen molar-refractivity contribution in [3.63, 3.8) is 0 Å². The number of carbonyl (C=O) groups excluding carboxylic acids is 1. The van der Waals surface area contributed by atoms with Gasteiger partial charge < -0.3 is 0 Å². The molecule has 0 N–H and O–H groups in total. The molecule has 0 aromatic heterocycles. The van der Waals surface area contributed by atoms with E-state index in [0.29, 0.717) is 0 Å². The summed E-state index contributed by atoms with van der Waals surface area (Å²) in [6.45, 7) is 3.95. The van der Waals surface area contributed by atoms with Crippen molar-refractivity contribution in [3.05, 3.63) is 33.8 Å². The quantitative estimate of drug-likeness (QED) is 0.557. The van der Waals surface area contributed by atoms with Crippen LogP contribution in [0.4, 0.5) is 0 Å². The van der Waals surface area contributed by atoms with Crippen molar-refractivity contribution < 1.29 is 4.79 Å². The van der Waals surface area contributed by atoms with E-state index in [0.717, 1.165) is 34.6 Å². The fourth-order valence-corrected chi connectivity index (χ4v) is 2.14. The van der Waals surface area contributed by atoms with Crippen LogP contribution in [0.1, 0.15) is 29.5 Å². The summed E-state index contributed by atoms with van der Waals surface area (Å²) in [5, 5.41) is 0.778. The zero-order valence-electron chi connectivity index (χ0n) is 8.80. The van der Waals surface area contributed by atoms with Gasteiger partial charge in [-0.25, -0.2) is 4.79 Å². The maximum absolute atomic E-state index is 10.4. The molecular weight excluding hydrogens is 210 g/mol. The van der Waals surface area contributed by atoms with Gasteiger partial charge in [-0.15, -0.1) is 0 Å². The van der Waals surface area contributed by atoms with Crippen molar-refractivity contribution in [2.24, 2.45) is 4.99 Å². The molecule has 2 rings (SSSR count). The molecule has 0 unspecified atom stereocenters. The van der Waals surface area contributed by atoms with Crippen LogP contribution in [0.3, 0.4) is 0 Å². The highest BCUT2D eigenvalue weighted by Gasteiger charge is 2.46. The molecule has 1 aliphatic rings. The number of hydrogen-bond donors (Lipinski definition) is 0. The second-order valence-electron chi connectivity index (χ2n) is 4.10. The number of hydrogen-bond acceptors (Lipinski definition) is 2. The first-order valence-electron chi connectivity index (χ1n) is 4.96. The van der Waals surface area contributed by atoms with Crippen LogP contribution in [0.2, 0.25) is 5.02 Å². The molecule has 1 saturated carbocycles. The highest BCUT2D eigenvalue weighted by Crippen LogP contribution is 2.51. The lowest BCUT2D eigenvalue weighted by Crippen LogP contribution is -2.05. The molecular formula is C12H12ClNO. The van der Waals surface area contributed by atoms with Gasteiger partial charge in [-0.1, -0.05) is 23.7 Å². The van der Waals surface area contributed by atoms with Gasteiger partial charge in [0.2, 0.25) is 6.08 Å². The number of nitrogens with zero attached hydrogens (tertiary/aromatic N) is 1. The Morgan fingerprint density at radius 3 is 2.60 bits per heavy atom. The SMILES string of the molecule is Cc1ccc(C2(N=C=O)CC2)c(C)c1Cl. The molecule has 0 aliphatic heterocycles. The monoisotopic (exact) mass is 221 g/mol. The van der Waals surface area contributed by atoms with Crippen LogP contribution in [-0.2, 0) is 10.3 Å². The number of aryl methyl sites for hydroxylation is 1. The summed E-state index contributed by atoms with van der Waals surface area (Å²) in [6.07, 6.45) is 3.50. The van der Waals surface area contributed by atoms with Crippen LogP contribution in [0, 0.1) is 13.8 Å². The van der Waals surface area contributed by atoms with Gasteiger partial charge >= 0.3 is 0 Å². The number of halogens is 1. The summed E-state index contributed by atoms with van der Waals surface area (Å²) in [6, 6.07) is 4.00. The molecule has 0 radical (unpaired) electrons. The zero-order valence-corrected chi connectivity index (χ0v) is 9.56. The van der Waals surface area contributed by atoms with E-state index >= 15 is 0 Å². The summed E-state index contributed by atoms with van der Waals surface area (Å²) in [4.78, 5) is 14.3. The predicted molar refractivity (Wildman–Crippen MR) is 60.0 cm³/mol. The van der Waals surface area contributed by atoms with Gasteiger partial charge in [0, 0.05) is 5.02 Å². The number of isocyanates is 1. The average molecular weight is 222 g/mol. The number of benzene rings is 1. The van der Waals surface area contributed by atoms with Gasteiger partial charge in [-0.3, -0.25) is 0 Å². The van der Waals surface area contributed by atoms with E-state index in [1.165, 1.54) is 0 Å².